The van der Waals surface area contributed by atoms with Gasteiger partial charge < -0.3 is 15.8 Å². The zero-order chi connectivity index (χ0) is 12.3. The summed E-state index contributed by atoms with van der Waals surface area (Å²) in [6, 6.07) is 5.81. The molecule has 0 aliphatic rings. The van der Waals surface area contributed by atoms with E-state index in [4.69, 9.17) is 10.5 Å². The Morgan fingerprint density at radius 1 is 1.24 bits per heavy atom. The van der Waals surface area contributed by atoms with Crippen LogP contribution in [0.2, 0.25) is 0 Å². The first kappa shape index (κ1) is 11.2. The first-order chi connectivity index (χ1) is 8.19. The Morgan fingerprint density at radius 3 is 2.65 bits per heavy atom. The summed E-state index contributed by atoms with van der Waals surface area (Å²) in [7, 11) is 1.65. The number of rotatable bonds is 3. The van der Waals surface area contributed by atoms with Crippen molar-refractivity contribution >= 4 is 17.3 Å². The second-order valence-corrected chi connectivity index (χ2v) is 3.64. The molecule has 88 valence electrons. The maximum atomic E-state index is 5.46. The van der Waals surface area contributed by atoms with Crippen LogP contribution < -0.4 is 15.8 Å². The van der Waals surface area contributed by atoms with Crippen LogP contribution in [0.15, 0.2) is 30.6 Å². The Morgan fingerprint density at radius 2 is 2.06 bits per heavy atom. The van der Waals surface area contributed by atoms with Crippen LogP contribution in [0, 0.1) is 6.92 Å². The molecule has 0 aliphatic heterocycles. The maximum Gasteiger partial charge on any atom is 0.149 e. The number of hydrogen-bond acceptors (Lipinski definition) is 5. The van der Waals surface area contributed by atoms with Gasteiger partial charge in [-0.1, -0.05) is 0 Å². The molecule has 0 fully saturated rings. The molecule has 0 saturated heterocycles. The molecule has 0 amide bonds. The van der Waals surface area contributed by atoms with Crippen LogP contribution in [0.3, 0.4) is 0 Å². The third-order valence-corrected chi connectivity index (χ3v) is 2.34. The molecule has 2 aromatic rings. The molecular weight excluding hydrogens is 216 g/mol. The lowest BCUT2D eigenvalue weighted by atomic mass is 10.2. The Balaban J connectivity index is 2.19. The molecule has 17 heavy (non-hydrogen) atoms. The number of benzene rings is 1. The van der Waals surface area contributed by atoms with Crippen LogP contribution in [-0.4, -0.2) is 17.1 Å². The van der Waals surface area contributed by atoms with Gasteiger partial charge in [0, 0.05) is 5.69 Å². The summed E-state index contributed by atoms with van der Waals surface area (Å²) in [5.74, 6) is 1.92. The van der Waals surface area contributed by atoms with Crippen molar-refractivity contribution in [2.24, 2.45) is 0 Å². The van der Waals surface area contributed by atoms with Crippen molar-refractivity contribution in [2.45, 2.75) is 6.92 Å². The number of nitrogens with zero attached hydrogens (tertiary/aromatic N) is 2. The second kappa shape index (κ2) is 4.69. The summed E-state index contributed by atoms with van der Waals surface area (Å²) >= 11 is 0. The molecule has 0 aliphatic carbocycles. The summed E-state index contributed by atoms with van der Waals surface area (Å²) in [6.45, 7) is 1.98. The SMILES string of the molecule is COc1ccc(Nc2cnc(N)cn2)cc1C. The van der Waals surface area contributed by atoms with Crippen LogP contribution in [0.1, 0.15) is 5.56 Å². The molecule has 0 unspecified atom stereocenters. The predicted octanol–water partition coefficient (Wildman–Crippen LogP) is 2.12. The van der Waals surface area contributed by atoms with Gasteiger partial charge in [-0.3, -0.25) is 0 Å². The van der Waals surface area contributed by atoms with E-state index in [2.05, 4.69) is 15.3 Å². The minimum absolute atomic E-state index is 0.404. The smallest absolute Gasteiger partial charge is 0.149 e. The van der Waals surface area contributed by atoms with E-state index in [0.717, 1.165) is 17.0 Å². The first-order valence-corrected chi connectivity index (χ1v) is 5.18. The third kappa shape index (κ3) is 2.63. The van der Waals surface area contributed by atoms with Crippen molar-refractivity contribution in [3.05, 3.63) is 36.2 Å². The monoisotopic (exact) mass is 230 g/mol. The highest BCUT2D eigenvalue weighted by Gasteiger charge is 2.01. The molecule has 0 atom stereocenters. The number of methoxy groups -OCH3 is 1. The van der Waals surface area contributed by atoms with Gasteiger partial charge in [-0.05, 0) is 30.7 Å². The van der Waals surface area contributed by atoms with E-state index in [1.54, 1.807) is 13.3 Å². The van der Waals surface area contributed by atoms with Crippen molar-refractivity contribution in [3.8, 4) is 5.75 Å². The fourth-order valence-corrected chi connectivity index (χ4v) is 1.51. The zero-order valence-corrected chi connectivity index (χ0v) is 9.77. The number of aryl methyl sites for hydroxylation is 1. The normalized spacial score (nSPS) is 10.0. The second-order valence-electron chi connectivity index (χ2n) is 3.64. The molecule has 0 spiro atoms. The topological polar surface area (TPSA) is 73.1 Å². The Kier molecular flexibility index (Phi) is 3.09. The van der Waals surface area contributed by atoms with Crippen molar-refractivity contribution < 1.29 is 4.74 Å². The number of aromatic nitrogens is 2. The molecule has 1 aromatic heterocycles. The van der Waals surface area contributed by atoms with E-state index in [9.17, 15) is 0 Å². The van der Waals surface area contributed by atoms with E-state index in [1.807, 2.05) is 25.1 Å². The van der Waals surface area contributed by atoms with Crippen molar-refractivity contribution in [2.75, 3.05) is 18.2 Å². The van der Waals surface area contributed by atoms with Gasteiger partial charge in [0.15, 0.2) is 0 Å². The van der Waals surface area contributed by atoms with Crippen LogP contribution in [0.5, 0.6) is 5.75 Å². The molecule has 1 heterocycles. The minimum Gasteiger partial charge on any atom is -0.496 e. The fourth-order valence-electron chi connectivity index (χ4n) is 1.51. The lowest BCUT2D eigenvalue weighted by Gasteiger charge is -2.09. The number of hydrogen-bond donors (Lipinski definition) is 2. The van der Waals surface area contributed by atoms with Gasteiger partial charge in [0.2, 0.25) is 0 Å². The van der Waals surface area contributed by atoms with E-state index < -0.39 is 0 Å². The van der Waals surface area contributed by atoms with E-state index in [0.29, 0.717) is 11.6 Å². The number of nitrogen functional groups attached to an aromatic ring is 1. The zero-order valence-electron chi connectivity index (χ0n) is 9.77. The summed E-state index contributed by atoms with van der Waals surface area (Å²) in [4.78, 5) is 8.08. The first-order valence-electron chi connectivity index (χ1n) is 5.18. The largest absolute Gasteiger partial charge is 0.496 e. The number of anilines is 3. The number of nitrogens with two attached hydrogens (primary N) is 1. The van der Waals surface area contributed by atoms with E-state index in [-0.39, 0.29) is 0 Å². The van der Waals surface area contributed by atoms with Crippen molar-refractivity contribution in [1.82, 2.24) is 9.97 Å². The van der Waals surface area contributed by atoms with Crippen molar-refractivity contribution in [1.29, 1.82) is 0 Å². The number of nitrogens with one attached hydrogen (secondary N) is 1. The van der Waals surface area contributed by atoms with Gasteiger partial charge in [0.1, 0.15) is 17.4 Å². The van der Waals surface area contributed by atoms with Gasteiger partial charge >= 0.3 is 0 Å². The Labute approximate surface area is 99.7 Å². The van der Waals surface area contributed by atoms with Gasteiger partial charge in [-0.25, -0.2) is 9.97 Å². The van der Waals surface area contributed by atoms with Crippen LogP contribution in [0.25, 0.3) is 0 Å². The molecule has 0 radical (unpaired) electrons. The highest BCUT2D eigenvalue weighted by atomic mass is 16.5. The average Bonchev–Trinajstić information content (AvgIpc) is 2.32. The highest BCUT2D eigenvalue weighted by Crippen LogP contribution is 2.23. The highest BCUT2D eigenvalue weighted by molar-refractivity contribution is 5.58. The van der Waals surface area contributed by atoms with Gasteiger partial charge in [-0.15, -0.1) is 0 Å². The molecule has 5 nitrogen and oxygen atoms in total. The standard InChI is InChI=1S/C12H14N4O/c1-8-5-9(3-4-10(8)17-2)16-12-7-14-11(13)6-15-12/h3-7H,1-2H3,(H2,13,14)(H,15,16). The molecule has 3 N–H and O–H groups in total. The molecule has 0 bridgehead atoms. The summed E-state index contributed by atoms with van der Waals surface area (Å²) in [6.07, 6.45) is 3.10. The molecule has 2 rings (SSSR count). The molecule has 5 heteroatoms. The predicted molar refractivity (Wildman–Crippen MR) is 67.5 cm³/mol. The van der Waals surface area contributed by atoms with Crippen molar-refractivity contribution in [3.63, 3.8) is 0 Å². The van der Waals surface area contributed by atoms with Crippen LogP contribution >= 0.6 is 0 Å². The maximum absolute atomic E-state index is 5.46. The summed E-state index contributed by atoms with van der Waals surface area (Å²) in [5.41, 5.74) is 7.45. The Hall–Kier alpha value is -2.30. The molecule has 0 saturated carbocycles. The Bertz CT molecular complexity index is 510. The van der Waals surface area contributed by atoms with E-state index >= 15 is 0 Å². The number of ether oxygens (including phenoxy) is 1. The summed E-state index contributed by atoms with van der Waals surface area (Å²) < 4.78 is 5.19. The van der Waals surface area contributed by atoms with Gasteiger partial charge in [-0.2, -0.15) is 0 Å². The summed E-state index contributed by atoms with van der Waals surface area (Å²) in [5, 5.41) is 3.14. The quantitative estimate of drug-likeness (QED) is 0.844. The lowest BCUT2D eigenvalue weighted by Crippen LogP contribution is -1.97. The van der Waals surface area contributed by atoms with Crippen LogP contribution in [0.4, 0.5) is 17.3 Å². The minimum atomic E-state index is 0.404. The van der Waals surface area contributed by atoms with Gasteiger partial charge in [0.05, 0.1) is 19.5 Å². The fraction of sp³-hybridized carbons (Fsp3) is 0.167. The molecule has 1 aromatic carbocycles. The lowest BCUT2D eigenvalue weighted by molar-refractivity contribution is 0.412. The van der Waals surface area contributed by atoms with Crippen LogP contribution in [-0.2, 0) is 0 Å². The third-order valence-electron chi connectivity index (χ3n) is 2.34. The average molecular weight is 230 g/mol. The van der Waals surface area contributed by atoms with Gasteiger partial charge in [0.25, 0.3) is 0 Å². The van der Waals surface area contributed by atoms with E-state index in [1.165, 1.54) is 6.20 Å². The molecular formula is C12H14N4O.